The lowest BCUT2D eigenvalue weighted by Crippen LogP contribution is -2.46. The summed E-state index contributed by atoms with van der Waals surface area (Å²) in [6.45, 7) is 4.56. The van der Waals surface area contributed by atoms with E-state index in [2.05, 4.69) is 22.6 Å². The highest BCUT2D eigenvalue weighted by Crippen LogP contribution is 2.05. The van der Waals surface area contributed by atoms with E-state index < -0.39 is 0 Å². The van der Waals surface area contributed by atoms with Crippen LogP contribution in [0.3, 0.4) is 0 Å². The Balaban J connectivity index is 1.58. The third-order valence-electron chi connectivity index (χ3n) is 3.19. The van der Waals surface area contributed by atoms with Crippen LogP contribution in [-0.4, -0.2) is 62.8 Å². The summed E-state index contributed by atoms with van der Waals surface area (Å²) >= 11 is 0. The molecule has 0 saturated carbocycles. The molecule has 0 bridgehead atoms. The number of nitrogens with one attached hydrogen (secondary N) is 2. The van der Waals surface area contributed by atoms with E-state index >= 15 is 0 Å². The minimum Gasteiger partial charge on any atom is -0.374 e. The van der Waals surface area contributed by atoms with Crippen molar-refractivity contribution >= 4 is 5.91 Å². The molecule has 2 atom stereocenters. The zero-order valence-corrected chi connectivity index (χ0v) is 9.87. The molecule has 2 saturated heterocycles. The molecule has 2 unspecified atom stereocenters. The molecule has 0 aromatic heterocycles. The van der Waals surface area contributed by atoms with Crippen molar-refractivity contribution < 1.29 is 9.53 Å². The summed E-state index contributed by atoms with van der Waals surface area (Å²) in [5, 5.41) is 6.32. The standard InChI is InChI=1S/C11H21N3O2/c1-14-4-5-16-10(8-14)7-12-6-9-2-3-11(15)13-9/h9-10,12H,2-8H2,1H3,(H,13,15). The zero-order valence-electron chi connectivity index (χ0n) is 9.87. The van der Waals surface area contributed by atoms with Gasteiger partial charge >= 0.3 is 0 Å². The molecule has 2 aliphatic heterocycles. The number of carbonyl (C=O) groups is 1. The summed E-state index contributed by atoms with van der Waals surface area (Å²) in [5.41, 5.74) is 0. The van der Waals surface area contributed by atoms with Crippen LogP contribution in [0.4, 0.5) is 0 Å². The molecule has 2 rings (SSSR count). The highest BCUT2D eigenvalue weighted by molar-refractivity contribution is 5.78. The third kappa shape index (κ3) is 3.43. The van der Waals surface area contributed by atoms with Crippen molar-refractivity contribution in [2.45, 2.75) is 25.0 Å². The number of morpholine rings is 1. The summed E-state index contributed by atoms with van der Waals surface area (Å²) in [4.78, 5) is 13.3. The number of likely N-dealkylation sites (N-methyl/N-ethyl adjacent to an activating group) is 1. The second-order valence-electron chi connectivity index (χ2n) is 4.72. The summed E-state index contributed by atoms with van der Waals surface area (Å²) in [6.07, 6.45) is 1.92. The number of carbonyl (C=O) groups excluding carboxylic acids is 1. The molecule has 92 valence electrons. The van der Waals surface area contributed by atoms with Crippen LogP contribution < -0.4 is 10.6 Å². The van der Waals surface area contributed by atoms with Crippen molar-refractivity contribution in [2.75, 3.05) is 39.8 Å². The number of nitrogens with zero attached hydrogens (tertiary/aromatic N) is 1. The van der Waals surface area contributed by atoms with E-state index in [0.29, 0.717) is 12.5 Å². The molecule has 5 heteroatoms. The first-order valence-corrected chi connectivity index (χ1v) is 6.04. The van der Waals surface area contributed by atoms with Gasteiger partial charge in [0, 0.05) is 38.6 Å². The first-order chi connectivity index (χ1) is 7.74. The van der Waals surface area contributed by atoms with Crippen LogP contribution in [0.1, 0.15) is 12.8 Å². The van der Waals surface area contributed by atoms with E-state index in [9.17, 15) is 4.79 Å². The largest absolute Gasteiger partial charge is 0.374 e. The molecule has 0 aromatic rings. The predicted molar refractivity (Wildman–Crippen MR) is 61.3 cm³/mol. The van der Waals surface area contributed by atoms with Crippen LogP contribution in [-0.2, 0) is 9.53 Å². The van der Waals surface area contributed by atoms with E-state index in [1.165, 1.54) is 0 Å². The molecule has 0 aromatic carbocycles. The highest BCUT2D eigenvalue weighted by Gasteiger charge is 2.21. The normalized spacial score (nSPS) is 31.7. The minimum atomic E-state index is 0.181. The van der Waals surface area contributed by atoms with Gasteiger partial charge in [-0.25, -0.2) is 0 Å². The maximum atomic E-state index is 11.0. The SMILES string of the molecule is CN1CCOC(CNCC2CCC(=O)N2)C1. The van der Waals surface area contributed by atoms with Crippen molar-refractivity contribution in [1.82, 2.24) is 15.5 Å². The van der Waals surface area contributed by atoms with Gasteiger partial charge in [0.15, 0.2) is 0 Å². The van der Waals surface area contributed by atoms with E-state index in [-0.39, 0.29) is 12.0 Å². The van der Waals surface area contributed by atoms with Crippen LogP contribution >= 0.6 is 0 Å². The second-order valence-corrected chi connectivity index (χ2v) is 4.72. The van der Waals surface area contributed by atoms with E-state index in [0.717, 1.165) is 39.2 Å². The van der Waals surface area contributed by atoms with Gasteiger partial charge in [-0.15, -0.1) is 0 Å². The van der Waals surface area contributed by atoms with Crippen LogP contribution in [0, 0.1) is 0 Å². The molecule has 1 amide bonds. The molecule has 16 heavy (non-hydrogen) atoms. The highest BCUT2D eigenvalue weighted by atomic mass is 16.5. The maximum absolute atomic E-state index is 11.0. The lowest BCUT2D eigenvalue weighted by molar-refractivity contribution is -0.119. The quantitative estimate of drug-likeness (QED) is 0.659. The summed E-state index contributed by atoms with van der Waals surface area (Å²) < 4.78 is 5.64. The first kappa shape index (κ1) is 11.8. The van der Waals surface area contributed by atoms with Gasteiger partial charge in [-0.05, 0) is 13.5 Å². The topological polar surface area (TPSA) is 53.6 Å². The molecule has 2 aliphatic rings. The van der Waals surface area contributed by atoms with Crippen molar-refractivity contribution in [1.29, 1.82) is 0 Å². The molecular weight excluding hydrogens is 206 g/mol. The Kier molecular flexibility index (Phi) is 4.15. The number of rotatable bonds is 4. The number of amides is 1. The van der Waals surface area contributed by atoms with Crippen molar-refractivity contribution in [3.8, 4) is 0 Å². The Bertz CT molecular complexity index is 247. The summed E-state index contributed by atoms with van der Waals surface area (Å²) in [7, 11) is 2.12. The number of hydrogen-bond acceptors (Lipinski definition) is 4. The van der Waals surface area contributed by atoms with Gasteiger partial charge in [-0.2, -0.15) is 0 Å². The van der Waals surface area contributed by atoms with Gasteiger partial charge in [-0.3, -0.25) is 4.79 Å². The van der Waals surface area contributed by atoms with Gasteiger partial charge < -0.3 is 20.3 Å². The van der Waals surface area contributed by atoms with Gasteiger partial charge in [0.2, 0.25) is 5.91 Å². The number of ether oxygens (including phenoxy) is 1. The van der Waals surface area contributed by atoms with E-state index in [1.54, 1.807) is 0 Å². The fraction of sp³-hybridized carbons (Fsp3) is 0.909. The summed E-state index contributed by atoms with van der Waals surface area (Å²) in [6, 6.07) is 0.314. The van der Waals surface area contributed by atoms with Crippen LogP contribution in [0.2, 0.25) is 0 Å². The molecule has 5 nitrogen and oxygen atoms in total. The van der Waals surface area contributed by atoms with Crippen molar-refractivity contribution in [3.05, 3.63) is 0 Å². The Labute approximate surface area is 96.5 Å². The summed E-state index contributed by atoms with van der Waals surface area (Å²) in [5.74, 6) is 0.181. The molecule has 0 radical (unpaired) electrons. The molecule has 0 spiro atoms. The average molecular weight is 227 g/mol. The Morgan fingerprint density at radius 3 is 3.12 bits per heavy atom. The lowest BCUT2D eigenvalue weighted by atomic mass is 10.2. The number of hydrogen-bond donors (Lipinski definition) is 2. The van der Waals surface area contributed by atoms with Crippen molar-refractivity contribution in [2.24, 2.45) is 0 Å². The predicted octanol–water partition coefficient (Wildman–Crippen LogP) is -0.815. The Morgan fingerprint density at radius 1 is 1.56 bits per heavy atom. The minimum absolute atomic E-state index is 0.181. The average Bonchev–Trinajstić information content (AvgIpc) is 2.64. The van der Waals surface area contributed by atoms with Gasteiger partial charge in [0.1, 0.15) is 0 Å². The molecule has 0 aliphatic carbocycles. The molecule has 2 fully saturated rings. The van der Waals surface area contributed by atoms with Gasteiger partial charge in [-0.1, -0.05) is 0 Å². The first-order valence-electron chi connectivity index (χ1n) is 6.04. The lowest BCUT2D eigenvalue weighted by Gasteiger charge is -2.30. The fourth-order valence-electron chi connectivity index (χ4n) is 2.24. The van der Waals surface area contributed by atoms with Crippen molar-refractivity contribution in [3.63, 3.8) is 0 Å². The van der Waals surface area contributed by atoms with E-state index in [1.807, 2.05) is 0 Å². The maximum Gasteiger partial charge on any atom is 0.220 e. The van der Waals surface area contributed by atoms with E-state index in [4.69, 9.17) is 4.74 Å². The van der Waals surface area contributed by atoms with Crippen LogP contribution in [0.5, 0.6) is 0 Å². The Hall–Kier alpha value is -0.650. The monoisotopic (exact) mass is 227 g/mol. The van der Waals surface area contributed by atoms with Crippen LogP contribution in [0.15, 0.2) is 0 Å². The van der Waals surface area contributed by atoms with Gasteiger partial charge in [0.25, 0.3) is 0 Å². The molecular formula is C11H21N3O2. The second kappa shape index (κ2) is 5.61. The zero-order chi connectivity index (χ0) is 11.4. The Morgan fingerprint density at radius 2 is 2.44 bits per heavy atom. The third-order valence-corrected chi connectivity index (χ3v) is 3.19. The molecule has 2 N–H and O–H groups in total. The van der Waals surface area contributed by atoms with Crippen LogP contribution in [0.25, 0.3) is 0 Å². The molecule has 2 heterocycles. The fourth-order valence-corrected chi connectivity index (χ4v) is 2.24. The van der Waals surface area contributed by atoms with Gasteiger partial charge in [0.05, 0.1) is 12.7 Å². The smallest absolute Gasteiger partial charge is 0.220 e.